The van der Waals surface area contributed by atoms with Gasteiger partial charge >= 0.3 is 5.97 Å². The van der Waals surface area contributed by atoms with Gasteiger partial charge in [-0.15, -0.1) is 0 Å². The first kappa shape index (κ1) is 22.4. The molecule has 0 aromatic carbocycles. The molecule has 0 aliphatic rings. The summed E-state index contributed by atoms with van der Waals surface area (Å²) in [6.45, 7) is 5.60. The summed E-state index contributed by atoms with van der Waals surface area (Å²) in [7, 11) is 1.46. The lowest BCUT2D eigenvalue weighted by molar-refractivity contribution is -0.140. The third-order valence-corrected chi connectivity index (χ3v) is 4.34. The summed E-state index contributed by atoms with van der Waals surface area (Å²) in [5.41, 5.74) is 0. The molecule has 3 nitrogen and oxygen atoms in total. The molecule has 0 spiro atoms. The van der Waals surface area contributed by atoms with Gasteiger partial charge in [0.05, 0.1) is 7.11 Å². The van der Waals surface area contributed by atoms with E-state index in [2.05, 4.69) is 23.9 Å². The summed E-state index contributed by atoms with van der Waals surface area (Å²) in [6, 6.07) is 0.628. The number of hydrogen-bond acceptors (Lipinski definition) is 3. The summed E-state index contributed by atoms with van der Waals surface area (Å²) in [6.07, 6.45) is 17.8. The number of ether oxygens (including phenoxy) is 1. The first-order valence-corrected chi connectivity index (χ1v) is 9.97. The highest BCUT2D eigenvalue weighted by molar-refractivity contribution is 5.68. The molecule has 0 aromatic heterocycles. The van der Waals surface area contributed by atoms with Gasteiger partial charge in [-0.05, 0) is 19.4 Å². The average Bonchev–Trinajstić information content (AvgIpc) is 2.53. The second-order valence-corrected chi connectivity index (χ2v) is 7.03. The molecule has 0 bridgehead atoms. The van der Waals surface area contributed by atoms with Gasteiger partial charge < -0.3 is 10.1 Å². The predicted octanol–water partition coefficient (Wildman–Crippen LogP) is 5.62. The van der Waals surface area contributed by atoms with Gasteiger partial charge in [0.15, 0.2) is 0 Å². The Morgan fingerprint density at radius 2 is 1.13 bits per heavy atom. The fraction of sp³-hybridized carbons (Fsp3) is 0.950. The van der Waals surface area contributed by atoms with E-state index >= 15 is 0 Å². The maximum absolute atomic E-state index is 10.9. The number of carbonyl (C=O) groups is 1. The molecule has 0 radical (unpaired) electrons. The molecule has 0 unspecified atom stereocenters. The minimum absolute atomic E-state index is 0.0683. The smallest absolute Gasteiger partial charge is 0.305 e. The summed E-state index contributed by atoms with van der Waals surface area (Å²) in [5, 5.41) is 3.47. The van der Waals surface area contributed by atoms with Gasteiger partial charge in [0.1, 0.15) is 0 Å². The van der Waals surface area contributed by atoms with Gasteiger partial charge in [-0.1, -0.05) is 84.5 Å². The van der Waals surface area contributed by atoms with Crippen LogP contribution >= 0.6 is 0 Å². The van der Waals surface area contributed by atoms with E-state index in [-0.39, 0.29) is 5.97 Å². The van der Waals surface area contributed by atoms with Crippen LogP contribution in [0.5, 0.6) is 0 Å². The van der Waals surface area contributed by atoms with Crippen molar-refractivity contribution in [3.63, 3.8) is 0 Å². The fourth-order valence-corrected chi connectivity index (χ4v) is 2.83. The third-order valence-electron chi connectivity index (χ3n) is 4.34. The van der Waals surface area contributed by atoms with Crippen LogP contribution in [-0.2, 0) is 9.53 Å². The van der Waals surface area contributed by atoms with Crippen molar-refractivity contribution in [3.8, 4) is 0 Å². The molecule has 0 saturated carbocycles. The fourth-order valence-electron chi connectivity index (χ4n) is 2.83. The van der Waals surface area contributed by atoms with E-state index in [1.54, 1.807) is 0 Å². The first-order chi connectivity index (χ1) is 11.2. The van der Waals surface area contributed by atoms with Gasteiger partial charge in [-0.3, -0.25) is 4.79 Å². The van der Waals surface area contributed by atoms with Crippen molar-refractivity contribution >= 4 is 5.97 Å². The number of rotatable bonds is 17. The van der Waals surface area contributed by atoms with E-state index in [1.165, 1.54) is 90.7 Å². The molecule has 23 heavy (non-hydrogen) atoms. The molecule has 0 amide bonds. The van der Waals surface area contributed by atoms with Gasteiger partial charge in [0, 0.05) is 12.5 Å². The highest BCUT2D eigenvalue weighted by atomic mass is 16.5. The topological polar surface area (TPSA) is 38.3 Å². The van der Waals surface area contributed by atoms with E-state index < -0.39 is 0 Å². The zero-order valence-electron chi connectivity index (χ0n) is 16.0. The van der Waals surface area contributed by atoms with Crippen molar-refractivity contribution in [2.45, 2.75) is 110 Å². The van der Waals surface area contributed by atoms with Gasteiger partial charge in [-0.25, -0.2) is 0 Å². The lowest BCUT2D eigenvalue weighted by atomic mass is 10.0. The molecule has 1 N–H and O–H groups in total. The Morgan fingerprint density at radius 3 is 1.52 bits per heavy atom. The largest absolute Gasteiger partial charge is 0.469 e. The number of hydrogen-bond donors (Lipinski definition) is 1. The SMILES string of the molecule is COC(=O)CCCCCCCCCCCCCCCNC(C)C. The van der Waals surface area contributed by atoms with Crippen LogP contribution in [-0.4, -0.2) is 25.7 Å². The van der Waals surface area contributed by atoms with Crippen molar-refractivity contribution < 1.29 is 9.53 Å². The zero-order chi connectivity index (χ0) is 17.2. The quantitative estimate of drug-likeness (QED) is 0.278. The van der Waals surface area contributed by atoms with E-state index in [4.69, 9.17) is 0 Å². The second-order valence-electron chi connectivity index (χ2n) is 7.03. The number of carbonyl (C=O) groups excluding carboxylic acids is 1. The Morgan fingerprint density at radius 1 is 0.739 bits per heavy atom. The molecule has 0 heterocycles. The molecule has 0 aromatic rings. The zero-order valence-corrected chi connectivity index (χ0v) is 16.0. The van der Waals surface area contributed by atoms with Crippen LogP contribution < -0.4 is 5.32 Å². The molecule has 3 heteroatoms. The Hall–Kier alpha value is -0.570. The van der Waals surface area contributed by atoms with E-state index in [0.29, 0.717) is 12.5 Å². The molecule has 0 aliphatic heterocycles. The van der Waals surface area contributed by atoms with Crippen LogP contribution in [0.1, 0.15) is 104 Å². The van der Waals surface area contributed by atoms with Crippen molar-refractivity contribution in [1.29, 1.82) is 0 Å². The predicted molar refractivity (Wildman–Crippen MR) is 99.8 cm³/mol. The van der Waals surface area contributed by atoms with E-state index in [0.717, 1.165) is 6.42 Å². The van der Waals surface area contributed by atoms with Gasteiger partial charge in [0.2, 0.25) is 0 Å². The molecule has 0 atom stereocenters. The Bertz CT molecular complexity index is 254. The van der Waals surface area contributed by atoms with Crippen molar-refractivity contribution in [3.05, 3.63) is 0 Å². The van der Waals surface area contributed by atoms with Crippen LogP contribution in [0.3, 0.4) is 0 Å². The van der Waals surface area contributed by atoms with Crippen molar-refractivity contribution in [2.75, 3.05) is 13.7 Å². The molecular formula is C20H41NO2. The number of nitrogens with one attached hydrogen (secondary N) is 1. The van der Waals surface area contributed by atoms with Crippen LogP contribution in [0.2, 0.25) is 0 Å². The Kier molecular flexibility index (Phi) is 17.3. The third kappa shape index (κ3) is 19.4. The lowest BCUT2D eigenvalue weighted by Crippen LogP contribution is -2.23. The van der Waals surface area contributed by atoms with Crippen molar-refractivity contribution in [2.24, 2.45) is 0 Å². The lowest BCUT2D eigenvalue weighted by Gasteiger charge is -2.07. The Balaban J connectivity index is 3.01. The monoisotopic (exact) mass is 327 g/mol. The van der Waals surface area contributed by atoms with Crippen LogP contribution in [0, 0.1) is 0 Å². The van der Waals surface area contributed by atoms with Gasteiger partial charge in [-0.2, -0.15) is 0 Å². The highest BCUT2D eigenvalue weighted by Crippen LogP contribution is 2.13. The minimum Gasteiger partial charge on any atom is -0.469 e. The summed E-state index contributed by atoms with van der Waals surface area (Å²) >= 11 is 0. The summed E-state index contributed by atoms with van der Waals surface area (Å²) in [5.74, 6) is -0.0683. The second kappa shape index (κ2) is 17.8. The van der Waals surface area contributed by atoms with Crippen molar-refractivity contribution in [1.82, 2.24) is 5.32 Å². The Labute approximate surface area is 144 Å². The first-order valence-electron chi connectivity index (χ1n) is 9.97. The minimum atomic E-state index is -0.0683. The molecule has 0 fully saturated rings. The van der Waals surface area contributed by atoms with Crippen LogP contribution in [0.15, 0.2) is 0 Å². The molecule has 138 valence electrons. The maximum atomic E-state index is 10.9. The van der Waals surface area contributed by atoms with E-state index in [9.17, 15) is 4.79 Å². The number of esters is 1. The summed E-state index contributed by atoms with van der Waals surface area (Å²) < 4.78 is 4.64. The van der Waals surface area contributed by atoms with Gasteiger partial charge in [0.25, 0.3) is 0 Å². The number of methoxy groups -OCH3 is 1. The maximum Gasteiger partial charge on any atom is 0.305 e. The molecular weight excluding hydrogens is 286 g/mol. The average molecular weight is 328 g/mol. The molecule has 0 rings (SSSR count). The standard InChI is InChI=1S/C20H41NO2/c1-19(2)21-18-16-14-12-10-8-6-4-5-7-9-11-13-15-17-20(22)23-3/h19,21H,4-18H2,1-3H3. The van der Waals surface area contributed by atoms with Crippen LogP contribution in [0.25, 0.3) is 0 Å². The normalized spacial score (nSPS) is 11.1. The van der Waals surface area contributed by atoms with Crippen LogP contribution in [0.4, 0.5) is 0 Å². The highest BCUT2D eigenvalue weighted by Gasteiger charge is 1.99. The summed E-state index contributed by atoms with van der Waals surface area (Å²) in [4.78, 5) is 10.9. The number of unbranched alkanes of at least 4 members (excludes halogenated alkanes) is 12. The molecule has 0 aliphatic carbocycles. The van der Waals surface area contributed by atoms with E-state index in [1.807, 2.05) is 0 Å². The molecule has 0 saturated heterocycles.